The van der Waals surface area contributed by atoms with Gasteiger partial charge in [0.2, 0.25) is 5.91 Å². The van der Waals surface area contributed by atoms with Crippen LogP contribution in [0.15, 0.2) is 30.3 Å². The summed E-state index contributed by atoms with van der Waals surface area (Å²) in [5.41, 5.74) is 2.33. The van der Waals surface area contributed by atoms with E-state index in [1.807, 2.05) is 25.1 Å². The molecule has 2 heterocycles. The number of carbonyl (C=O) groups excluding carboxylic acids is 2. The number of rotatable bonds is 5. The van der Waals surface area contributed by atoms with Gasteiger partial charge in [-0.25, -0.2) is 0 Å². The van der Waals surface area contributed by atoms with Crippen LogP contribution in [0.2, 0.25) is 0 Å². The lowest BCUT2D eigenvalue weighted by Gasteiger charge is -2.44. The second-order valence-corrected chi connectivity index (χ2v) is 10.9. The molecule has 0 saturated heterocycles. The molecule has 184 valence electrons. The number of nitrogens with zero attached hydrogens (tertiary/aromatic N) is 3. The molecule has 4 rings (SSSR count). The van der Waals surface area contributed by atoms with Crippen molar-refractivity contribution < 1.29 is 9.59 Å². The number of amides is 2. The molecule has 0 unspecified atom stereocenters. The first-order valence-electron chi connectivity index (χ1n) is 13.0. The lowest BCUT2D eigenvalue weighted by Crippen LogP contribution is -2.65. The molecule has 0 spiro atoms. The third-order valence-corrected chi connectivity index (χ3v) is 7.51. The minimum atomic E-state index is -1.06. The summed E-state index contributed by atoms with van der Waals surface area (Å²) < 4.78 is 1.74. The highest BCUT2D eigenvalue weighted by Crippen LogP contribution is 2.34. The highest BCUT2D eigenvalue weighted by Gasteiger charge is 2.49. The van der Waals surface area contributed by atoms with Crippen LogP contribution in [0.3, 0.4) is 0 Å². The highest BCUT2D eigenvalue weighted by atomic mass is 16.2. The van der Waals surface area contributed by atoms with E-state index in [0.29, 0.717) is 18.2 Å². The molecule has 0 bridgehead atoms. The van der Waals surface area contributed by atoms with Crippen LogP contribution in [-0.2, 0) is 11.3 Å². The Morgan fingerprint density at radius 3 is 2.21 bits per heavy atom. The van der Waals surface area contributed by atoms with Crippen LogP contribution in [0.25, 0.3) is 0 Å². The van der Waals surface area contributed by atoms with Crippen molar-refractivity contribution in [3.8, 4) is 0 Å². The summed E-state index contributed by atoms with van der Waals surface area (Å²) >= 11 is 0. The number of nitrogens with one attached hydrogen (secondary N) is 1. The zero-order chi connectivity index (χ0) is 24.5. The molecular formula is C28H40N4O2. The first kappa shape index (κ1) is 24.5. The summed E-state index contributed by atoms with van der Waals surface area (Å²) in [6, 6.07) is 10.1. The van der Waals surface area contributed by atoms with E-state index < -0.39 is 5.54 Å². The van der Waals surface area contributed by atoms with Gasteiger partial charge < -0.3 is 5.32 Å². The number of anilines is 1. The normalized spacial score (nSPS) is 22.0. The van der Waals surface area contributed by atoms with Gasteiger partial charge in [-0.3, -0.25) is 19.2 Å². The molecule has 1 fully saturated rings. The van der Waals surface area contributed by atoms with E-state index in [1.165, 1.54) is 24.8 Å². The number of aromatic nitrogens is 2. The molecule has 1 aromatic carbocycles. The molecule has 6 heteroatoms. The summed E-state index contributed by atoms with van der Waals surface area (Å²) in [7, 11) is 0. The zero-order valence-electron chi connectivity index (χ0n) is 21.4. The average molecular weight is 465 g/mol. The maximum atomic E-state index is 13.9. The molecule has 34 heavy (non-hydrogen) atoms. The Hall–Kier alpha value is -2.63. The first-order valence-corrected chi connectivity index (χ1v) is 13.0. The number of hydrogen-bond acceptors (Lipinski definition) is 3. The van der Waals surface area contributed by atoms with Gasteiger partial charge in [0.05, 0.1) is 12.2 Å². The lowest BCUT2D eigenvalue weighted by atomic mass is 9.91. The molecule has 2 aliphatic rings. The number of benzene rings is 1. The molecule has 1 aromatic heterocycles. The SMILES string of the molecule is CC(C)c1ccc(N2C(=O)c3cc(C(C)C)nn3C[C@@]2(C)C(=O)NC2CCCCCCC2)cc1. The minimum Gasteiger partial charge on any atom is -0.351 e. The van der Waals surface area contributed by atoms with Crippen molar-refractivity contribution in [3.05, 3.63) is 47.3 Å². The summed E-state index contributed by atoms with van der Waals surface area (Å²) in [6.07, 6.45) is 8.03. The van der Waals surface area contributed by atoms with Crippen LogP contribution in [0.4, 0.5) is 5.69 Å². The molecule has 0 radical (unpaired) electrons. The van der Waals surface area contributed by atoms with Crippen LogP contribution in [0.5, 0.6) is 0 Å². The van der Waals surface area contributed by atoms with E-state index in [0.717, 1.165) is 37.1 Å². The average Bonchev–Trinajstić information content (AvgIpc) is 3.20. The standard InChI is InChI=1S/C28H40N4O2/c1-19(2)21-13-15-23(16-14-21)32-26(33)25-17-24(20(3)4)30-31(25)18-28(32,5)27(34)29-22-11-9-7-6-8-10-12-22/h13-17,19-20,22H,6-12,18H2,1-5H3,(H,29,34)/t28-/m0/s1. The van der Waals surface area contributed by atoms with Gasteiger partial charge in [-0.05, 0) is 55.4 Å². The van der Waals surface area contributed by atoms with Crippen LogP contribution in [0, 0.1) is 0 Å². The largest absolute Gasteiger partial charge is 0.351 e. The Labute approximate surface area is 204 Å². The maximum absolute atomic E-state index is 13.9. The molecule has 1 aliphatic heterocycles. The third kappa shape index (κ3) is 4.77. The van der Waals surface area contributed by atoms with Gasteiger partial charge in [-0.15, -0.1) is 0 Å². The van der Waals surface area contributed by atoms with Crippen molar-refractivity contribution >= 4 is 17.5 Å². The monoisotopic (exact) mass is 464 g/mol. The van der Waals surface area contributed by atoms with Crippen molar-refractivity contribution in [2.45, 2.75) is 110 Å². The van der Waals surface area contributed by atoms with Gasteiger partial charge in [0.1, 0.15) is 11.2 Å². The van der Waals surface area contributed by atoms with Crippen LogP contribution in [0.1, 0.15) is 113 Å². The van der Waals surface area contributed by atoms with E-state index in [1.54, 1.807) is 9.58 Å². The number of carbonyl (C=O) groups is 2. The van der Waals surface area contributed by atoms with E-state index in [4.69, 9.17) is 5.10 Å². The van der Waals surface area contributed by atoms with E-state index in [-0.39, 0.29) is 23.8 Å². The molecule has 2 amide bonds. The van der Waals surface area contributed by atoms with Gasteiger partial charge >= 0.3 is 0 Å². The Bertz CT molecular complexity index is 1020. The fraction of sp³-hybridized carbons (Fsp3) is 0.607. The Morgan fingerprint density at radius 1 is 1.00 bits per heavy atom. The molecular weight excluding hydrogens is 424 g/mol. The quantitative estimate of drug-likeness (QED) is 0.610. The van der Waals surface area contributed by atoms with Crippen molar-refractivity contribution in [1.82, 2.24) is 15.1 Å². The van der Waals surface area contributed by atoms with Gasteiger partial charge in [0, 0.05) is 11.7 Å². The van der Waals surface area contributed by atoms with Crippen LogP contribution >= 0.6 is 0 Å². The predicted molar refractivity (Wildman–Crippen MR) is 136 cm³/mol. The predicted octanol–water partition coefficient (Wildman–Crippen LogP) is 5.78. The van der Waals surface area contributed by atoms with Crippen LogP contribution in [-0.4, -0.2) is 33.2 Å². The number of hydrogen-bond donors (Lipinski definition) is 1. The second-order valence-electron chi connectivity index (χ2n) is 10.9. The number of fused-ring (bicyclic) bond motifs is 1. The second kappa shape index (κ2) is 9.93. The summed E-state index contributed by atoms with van der Waals surface area (Å²) in [6.45, 7) is 10.7. The fourth-order valence-corrected chi connectivity index (χ4v) is 5.24. The fourth-order valence-electron chi connectivity index (χ4n) is 5.24. The summed E-state index contributed by atoms with van der Waals surface area (Å²) in [5.74, 6) is 0.347. The minimum absolute atomic E-state index is 0.0911. The molecule has 1 N–H and O–H groups in total. The Morgan fingerprint density at radius 2 is 1.62 bits per heavy atom. The maximum Gasteiger partial charge on any atom is 0.277 e. The molecule has 1 saturated carbocycles. The van der Waals surface area contributed by atoms with Crippen molar-refractivity contribution in [2.75, 3.05) is 4.90 Å². The lowest BCUT2D eigenvalue weighted by molar-refractivity contribution is -0.127. The first-order chi connectivity index (χ1) is 16.2. The van der Waals surface area contributed by atoms with Crippen molar-refractivity contribution in [2.24, 2.45) is 0 Å². The van der Waals surface area contributed by atoms with Gasteiger partial charge in [0.25, 0.3) is 5.91 Å². The van der Waals surface area contributed by atoms with Crippen LogP contribution < -0.4 is 10.2 Å². The highest BCUT2D eigenvalue weighted by molar-refractivity contribution is 6.11. The third-order valence-electron chi connectivity index (χ3n) is 7.51. The molecule has 1 aliphatic carbocycles. The summed E-state index contributed by atoms with van der Waals surface area (Å²) in [5, 5.41) is 8.04. The van der Waals surface area contributed by atoms with Gasteiger partial charge in [-0.1, -0.05) is 71.9 Å². The molecule has 6 nitrogen and oxygen atoms in total. The Balaban J connectivity index is 1.71. The Kier molecular flexibility index (Phi) is 7.15. The van der Waals surface area contributed by atoms with E-state index >= 15 is 0 Å². The topological polar surface area (TPSA) is 67.2 Å². The summed E-state index contributed by atoms with van der Waals surface area (Å²) in [4.78, 5) is 29.5. The molecule has 1 atom stereocenters. The van der Waals surface area contributed by atoms with E-state index in [2.05, 4.69) is 45.1 Å². The van der Waals surface area contributed by atoms with Crippen molar-refractivity contribution in [1.29, 1.82) is 0 Å². The van der Waals surface area contributed by atoms with Gasteiger partial charge in [0.15, 0.2) is 0 Å². The van der Waals surface area contributed by atoms with Gasteiger partial charge in [-0.2, -0.15) is 5.10 Å². The zero-order valence-corrected chi connectivity index (χ0v) is 21.4. The smallest absolute Gasteiger partial charge is 0.277 e. The van der Waals surface area contributed by atoms with E-state index in [9.17, 15) is 9.59 Å². The van der Waals surface area contributed by atoms with Crippen molar-refractivity contribution in [3.63, 3.8) is 0 Å². The molecule has 2 aromatic rings.